The summed E-state index contributed by atoms with van der Waals surface area (Å²) in [5.74, 6) is 0. The normalized spacial score (nSPS) is 21.9. The number of fused-ring (bicyclic) bond motifs is 1. The molecule has 0 unspecified atom stereocenters. The lowest BCUT2D eigenvalue weighted by molar-refractivity contribution is 0.148. The predicted molar refractivity (Wildman–Crippen MR) is 83.9 cm³/mol. The van der Waals surface area contributed by atoms with Crippen LogP contribution in [-0.2, 0) is 19.5 Å². The summed E-state index contributed by atoms with van der Waals surface area (Å²) in [4.78, 5) is 7.54. The van der Waals surface area contributed by atoms with E-state index < -0.39 is 0 Å². The number of rotatable bonds is 3. The zero-order chi connectivity index (χ0) is 13.9. The van der Waals surface area contributed by atoms with Crippen molar-refractivity contribution < 1.29 is 0 Å². The first kappa shape index (κ1) is 14.1. The van der Waals surface area contributed by atoms with Gasteiger partial charge < -0.3 is 4.90 Å². The Bertz CT molecular complexity index is 450. The first-order valence-corrected chi connectivity index (χ1v) is 7.98. The fourth-order valence-electron chi connectivity index (χ4n) is 3.30. The van der Waals surface area contributed by atoms with Crippen LogP contribution in [0.4, 0.5) is 0 Å². The molecule has 2 heterocycles. The van der Waals surface area contributed by atoms with Gasteiger partial charge in [0.1, 0.15) is 0 Å². The van der Waals surface area contributed by atoms with E-state index in [0.29, 0.717) is 0 Å². The average Bonchev–Trinajstić information content (AvgIpc) is 2.49. The fourth-order valence-corrected chi connectivity index (χ4v) is 3.30. The average molecular weight is 273 g/mol. The Labute approximate surface area is 123 Å². The standard InChI is InChI=1S/C17H27N3/c1-3-19-7-6-16-12-15(4-5-17(16)14-19)13-20-10-8-18(2)9-11-20/h4-5,12H,3,6-11,13-14H2,1-2H3. The van der Waals surface area contributed by atoms with Crippen LogP contribution in [0, 0.1) is 0 Å². The third-order valence-electron chi connectivity index (χ3n) is 4.81. The summed E-state index contributed by atoms with van der Waals surface area (Å²) >= 11 is 0. The minimum absolute atomic E-state index is 1.12. The van der Waals surface area contributed by atoms with Crippen molar-refractivity contribution in [2.24, 2.45) is 0 Å². The Morgan fingerprint density at radius 3 is 2.50 bits per heavy atom. The number of hydrogen-bond donors (Lipinski definition) is 0. The number of likely N-dealkylation sites (N-methyl/N-ethyl adjacent to an activating group) is 2. The maximum atomic E-state index is 2.59. The summed E-state index contributed by atoms with van der Waals surface area (Å²) in [7, 11) is 2.22. The smallest absolute Gasteiger partial charge is 0.0236 e. The molecule has 2 aliphatic rings. The van der Waals surface area contributed by atoms with Gasteiger partial charge in [-0.15, -0.1) is 0 Å². The molecule has 1 saturated heterocycles. The second-order valence-electron chi connectivity index (χ2n) is 6.30. The highest BCUT2D eigenvalue weighted by Crippen LogP contribution is 2.21. The molecule has 0 amide bonds. The van der Waals surface area contributed by atoms with Gasteiger partial charge >= 0.3 is 0 Å². The van der Waals surface area contributed by atoms with E-state index in [-0.39, 0.29) is 0 Å². The van der Waals surface area contributed by atoms with Crippen molar-refractivity contribution in [3.63, 3.8) is 0 Å². The summed E-state index contributed by atoms with van der Waals surface area (Å²) in [5.41, 5.74) is 4.62. The Kier molecular flexibility index (Phi) is 4.39. The molecule has 0 N–H and O–H groups in total. The van der Waals surface area contributed by atoms with Gasteiger partial charge in [0.2, 0.25) is 0 Å². The van der Waals surface area contributed by atoms with Crippen molar-refractivity contribution in [3.05, 3.63) is 34.9 Å². The quantitative estimate of drug-likeness (QED) is 0.831. The van der Waals surface area contributed by atoms with Crippen molar-refractivity contribution in [3.8, 4) is 0 Å². The molecule has 3 heteroatoms. The zero-order valence-corrected chi connectivity index (χ0v) is 12.9. The molecule has 2 aliphatic heterocycles. The molecule has 0 aliphatic carbocycles. The van der Waals surface area contributed by atoms with Crippen LogP contribution in [0.25, 0.3) is 0 Å². The van der Waals surface area contributed by atoms with Gasteiger partial charge in [-0.05, 0) is 36.7 Å². The van der Waals surface area contributed by atoms with E-state index in [1.54, 1.807) is 11.1 Å². The van der Waals surface area contributed by atoms with Gasteiger partial charge in [0.25, 0.3) is 0 Å². The van der Waals surface area contributed by atoms with E-state index in [9.17, 15) is 0 Å². The van der Waals surface area contributed by atoms with Crippen molar-refractivity contribution >= 4 is 0 Å². The number of piperazine rings is 1. The summed E-state index contributed by atoms with van der Waals surface area (Å²) in [6, 6.07) is 7.17. The van der Waals surface area contributed by atoms with Gasteiger partial charge in [0, 0.05) is 45.8 Å². The Morgan fingerprint density at radius 1 is 0.950 bits per heavy atom. The number of nitrogens with zero attached hydrogens (tertiary/aromatic N) is 3. The zero-order valence-electron chi connectivity index (χ0n) is 12.9. The van der Waals surface area contributed by atoms with Crippen molar-refractivity contribution in [1.29, 1.82) is 0 Å². The van der Waals surface area contributed by atoms with Crippen LogP contribution >= 0.6 is 0 Å². The molecule has 1 aromatic carbocycles. The fraction of sp³-hybridized carbons (Fsp3) is 0.647. The van der Waals surface area contributed by atoms with Crippen LogP contribution in [0.1, 0.15) is 23.6 Å². The highest BCUT2D eigenvalue weighted by molar-refractivity contribution is 5.33. The van der Waals surface area contributed by atoms with Crippen molar-refractivity contribution in [1.82, 2.24) is 14.7 Å². The Hall–Kier alpha value is -0.900. The molecule has 3 rings (SSSR count). The van der Waals surface area contributed by atoms with Gasteiger partial charge in [-0.3, -0.25) is 9.80 Å². The van der Waals surface area contributed by atoms with Crippen LogP contribution < -0.4 is 0 Å². The molecule has 3 nitrogen and oxygen atoms in total. The highest BCUT2D eigenvalue weighted by atomic mass is 15.2. The SMILES string of the molecule is CCN1CCc2cc(CN3CCN(C)CC3)ccc2C1. The predicted octanol–water partition coefficient (Wildman–Crippen LogP) is 1.81. The van der Waals surface area contributed by atoms with E-state index in [1.807, 2.05) is 0 Å². The van der Waals surface area contributed by atoms with E-state index in [1.165, 1.54) is 51.3 Å². The number of benzene rings is 1. The summed E-state index contributed by atoms with van der Waals surface area (Å²) in [6.45, 7) is 11.7. The molecule has 0 atom stereocenters. The summed E-state index contributed by atoms with van der Waals surface area (Å²) in [6.07, 6.45) is 1.22. The molecule has 110 valence electrons. The molecule has 0 radical (unpaired) electrons. The molecule has 0 bridgehead atoms. The number of hydrogen-bond acceptors (Lipinski definition) is 3. The van der Waals surface area contributed by atoms with Gasteiger partial charge in [0.15, 0.2) is 0 Å². The summed E-state index contributed by atoms with van der Waals surface area (Å²) in [5, 5.41) is 0. The molecule has 0 saturated carbocycles. The van der Waals surface area contributed by atoms with E-state index in [4.69, 9.17) is 0 Å². The topological polar surface area (TPSA) is 9.72 Å². The highest BCUT2D eigenvalue weighted by Gasteiger charge is 2.17. The molecule has 1 aromatic rings. The lowest BCUT2D eigenvalue weighted by Gasteiger charge is -2.33. The molecule has 1 fully saturated rings. The maximum Gasteiger partial charge on any atom is 0.0236 e. The maximum absolute atomic E-state index is 2.59. The summed E-state index contributed by atoms with van der Waals surface area (Å²) < 4.78 is 0. The van der Waals surface area contributed by atoms with Crippen LogP contribution in [0.15, 0.2) is 18.2 Å². The first-order valence-electron chi connectivity index (χ1n) is 7.98. The van der Waals surface area contributed by atoms with E-state index in [0.717, 1.165) is 13.1 Å². The van der Waals surface area contributed by atoms with E-state index in [2.05, 4.69) is 46.9 Å². The van der Waals surface area contributed by atoms with Crippen molar-refractivity contribution in [2.45, 2.75) is 26.4 Å². The second-order valence-corrected chi connectivity index (χ2v) is 6.30. The molecule has 0 spiro atoms. The minimum atomic E-state index is 1.12. The van der Waals surface area contributed by atoms with Crippen LogP contribution in [0.5, 0.6) is 0 Å². The molecule has 20 heavy (non-hydrogen) atoms. The molecule has 0 aromatic heterocycles. The Balaban J connectivity index is 1.64. The van der Waals surface area contributed by atoms with Crippen LogP contribution in [0.3, 0.4) is 0 Å². The largest absolute Gasteiger partial charge is 0.304 e. The second kappa shape index (κ2) is 6.25. The third-order valence-corrected chi connectivity index (χ3v) is 4.81. The van der Waals surface area contributed by atoms with Gasteiger partial charge in [-0.25, -0.2) is 0 Å². The monoisotopic (exact) mass is 273 g/mol. The molecular formula is C17H27N3. The minimum Gasteiger partial charge on any atom is -0.304 e. The van der Waals surface area contributed by atoms with Gasteiger partial charge in [-0.1, -0.05) is 25.1 Å². The van der Waals surface area contributed by atoms with Gasteiger partial charge in [-0.2, -0.15) is 0 Å². The first-order chi connectivity index (χ1) is 9.74. The lowest BCUT2D eigenvalue weighted by Crippen LogP contribution is -2.43. The van der Waals surface area contributed by atoms with Crippen molar-refractivity contribution in [2.75, 3.05) is 46.3 Å². The molecular weight excluding hydrogens is 246 g/mol. The third kappa shape index (κ3) is 3.22. The van der Waals surface area contributed by atoms with Crippen LogP contribution in [-0.4, -0.2) is 61.0 Å². The van der Waals surface area contributed by atoms with Gasteiger partial charge in [0.05, 0.1) is 0 Å². The van der Waals surface area contributed by atoms with E-state index >= 15 is 0 Å². The Morgan fingerprint density at radius 2 is 1.75 bits per heavy atom. The lowest BCUT2D eigenvalue weighted by atomic mass is 9.97. The van der Waals surface area contributed by atoms with Crippen LogP contribution in [0.2, 0.25) is 0 Å².